The van der Waals surface area contributed by atoms with Crippen molar-refractivity contribution >= 4 is 32.9 Å². The number of hydrogen-bond acceptors (Lipinski definition) is 12. The molecule has 6 atom stereocenters. The highest BCUT2D eigenvalue weighted by Crippen LogP contribution is 2.44. The van der Waals surface area contributed by atoms with Crippen molar-refractivity contribution in [1.29, 1.82) is 0 Å². The fraction of sp³-hybridized carbons (Fsp3) is 0.286. The molecule has 6 aromatic rings. The molecule has 2 aliphatic heterocycles. The first kappa shape index (κ1) is 25.8. The second-order valence-electron chi connectivity index (χ2n) is 10.1. The van der Waals surface area contributed by atoms with E-state index < -0.39 is 36.7 Å². The van der Waals surface area contributed by atoms with Gasteiger partial charge < -0.3 is 19.3 Å². The zero-order chi connectivity index (χ0) is 28.2. The van der Waals surface area contributed by atoms with Crippen LogP contribution in [0, 0.1) is 6.92 Å². The smallest absolute Gasteiger partial charge is 0.184 e. The van der Waals surface area contributed by atoms with E-state index in [9.17, 15) is 5.11 Å². The van der Waals surface area contributed by atoms with Crippen molar-refractivity contribution in [2.24, 2.45) is 0 Å². The summed E-state index contributed by atoms with van der Waals surface area (Å²) in [4.78, 5) is 8.92. The summed E-state index contributed by atoms with van der Waals surface area (Å²) in [5.74, 6) is 0.456. The van der Waals surface area contributed by atoms with E-state index in [1.165, 1.54) is 11.3 Å². The van der Waals surface area contributed by atoms with E-state index >= 15 is 0 Å². The predicted molar refractivity (Wildman–Crippen MR) is 153 cm³/mol. The number of aliphatic hydroxyl groups excluding tert-OH is 1. The third kappa shape index (κ3) is 4.43. The van der Waals surface area contributed by atoms with Gasteiger partial charge in [0.05, 0.1) is 28.0 Å². The molecule has 1 N–H and O–H groups in total. The zero-order valence-electron chi connectivity index (χ0n) is 22.2. The second-order valence-corrected chi connectivity index (χ2v) is 12.2. The van der Waals surface area contributed by atoms with Crippen molar-refractivity contribution in [3.05, 3.63) is 89.0 Å². The lowest BCUT2D eigenvalue weighted by atomic mass is 9.91. The highest BCUT2D eigenvalue weighted by molar-refractivity contribution is 7.18. The van der Waals surface area contributed by atoms with Gasteiger partial charge in [0.2, 0.25) is 0 Å². The molecule has 0 amide bonds. The van der Waals surface area contributed by atoms with E-state index in [4.69, 9.17) is 14.2 Å². The highest BCUT2D eigenvalue weighted by atomic mass is 32.1. The molecule has 2 aliphatic rings. The van der Waals surface area contributed by atoms with Gasteiger partial charge in [-0.3, -0.25) is 4.57 Å². The first-order chi connectivity index (χ1) is 20.6. The molecule has 6 heterocycles. The van der Waals surface area contributed by atoms with Gasteiger partial charge >= 0.3 is 0 Å². The number of aromatic nitrogens is 8. The maximum absolute atomic E-state index is 12.0. The van der Waals surface area contributed by atoms with Gasteiger partial charge in [0.15, 0.2) is 12.1 Å². The topological polar surface area (TPSA) is 135 Å². The maximum Gasteiger partial charge on any atom is 0.184 e. The van der Waals surface area contributed by atoms with Crippen molar-refractivity contribution in [2.75, 3.05) is 6.61 Å². The van der Waals surface area contributed by atoms with Crippen molar-refractivity contribution in [1.82, 2.24) is 39.7 Å². The van der Waals surface area contributed by atoms with Gasteiger partial charge in [0.25, 0.3) is 0 Å². The Bertz CT molecular complexity index is 1840. The average Bonchev–Trinajstić information content (AvgIpc) is 3.83. The van der Waals surface area contributed by atoms with Crippen LogP contribution in [0.5, 0.6) is 0 Å². The number of benzene rings is 2. The Labute approximate surface area is 247 Å². The van der Waals surface area contributed by atoms with Crippen molar-refractivity contribution in [3.8, 4) is 16.4 Å². The lowest BCUT2D eigenvalue weighted by molar-refractivity contribution is -0.319. The average molecular weight is 601 g/mol. The summed E-state index contributed by atoms with van der Waals surface area (Å²) in [6.07, 6.45) is 1.43. The summed E-state index contributed by atoms with van der Waals surface area (Å²) in [5.41, 5.74) is 3.26. The molecule has 0 saturated carbocycles. The van der Waals surface area contributed by atoms with Crippen LogP contribution in [0.25, 0.3) is 26.6 Å². The van der Waals surface area contributed by atoms with Gasteiger partial charge in [-0.1, -0.05) is 35.5 Å². The van der Waals surface area contributed by atoms with Crippen LogP contribution in [0.2, 0.25) is 0 Å². The van der Waals surface area contributed by atoms with Crippen LogP contribution in [0.4, 0.5) is 0 Å². The number of nitrogens with zero attached hydrogens (tertiary/aromatic N) is 8. The van der Waals surface area contributed by atoms with Gasteiger partial charge in [0.1, 0.15) is 47.5 Å². The number of fused-ring (bicyclic) bond motifs is 2. The zero-order valence-corrected chi connectivity index (χ0v) is 23.8. The molecule has 12 nitrogen and oxygen atoms in total. The summed E-state index contributed by atoms with van der Waals surface area (Å²) in [6, 6.07) is 15.0. The fourth-order valence-electron chi connectivity index (χ4n) is 5.60. The minimum absolute atomic E-state index is 0.248. The van der Waals surface area contributed by atoms with Crippen LogP contribution in [-0.2, 0) is 14.2 Å². The molecular weight excluding hydrogens is 576 g/mol. The molecule has 2 fully saturated rings. The Hall–Kier alpha value is -3.92. The molecule has 0 bridgehead atoms. The predicted octanol–water partition coefficient (Wildman–Crippen LogP) is 4.06. The van der Waals surface area contributed by atoms with Crippen LogP contribution in [-0.4, -0.2) is 69.8 Å². The van der Waals surface area contributed by atoms with Gasteiger partial charge in [-0.05, 0) is 25.1 Å². The van der Waals surface area contributed by atoms with Gasteiger partial charge in [-0.25, -0.2) is 14.6 Å². The van der Waals surface area contributed by atoms with E-state index in [0.29, 0.717) is 11.5 Å². The first-order valence-electron chi connectivity index (χ1n) is 13.4. The Morgan fingerprint density at radius 1 is 1.07 bits per heavy atom. The molecule has 3 unspecified atom stereocenters. The molecular formula is C28H24N8O4S2. The van der Waals surface area contributed by atoms with E-state index in [1.54, 1.807) is 34.7 Å². The molecule has 212 valence electrons. The van der Waals surface area contributed by atoms with Crippen LogP contribution in [0.1, 0.15) is 34.8 Å². The van der Waals surface area contributed by atoms with Gasteiger partial charge in [-0.15, -0.1) is 38.0 Å². The van der Waals surface area contributed by atoms with Crippen molar-refractivity contribution < 1.29 is 19.3 Å². The maximum atomic E-state index is 12.0. The molecule has 4 aromatic heterocycles. The first-order valence-corrected chi connectivity index (χ1v) is 15.1. The summed E-state index contributed by atoms with van der Waals surface area (Å²) >= 11 is 3.08. The van der Waals surface area contributed by atoms with Crippen LogP contribution >= 0.6 is 22.7 Å². The highest BCUT2D eigenvalue weighted by Gasteiger charge is 2.52. The molecule has 2 saturated heterocycles. The minimum atomic E-state index is -1.11. The summed E-state index contributed by atoms with van der Waals surface area (Å²) in [7, 11) is 0. The SMILES string of the molecule is Cc1nc2ccc(-n3cnnc3[C@@H]3OC4COC(c5ccccc5)O[C@@H]4[C@H](n4cc(-c5nccs5)nn4)C3O)cc2s1. The fourth-order valence-corrected chi connectivity index (χ4v) is 7.04. The van der Waals surface area contributed by atoms with Crippen LogP contribution < -0.4 is 0 Å². The quantitative estimate of drug-likeness (QED) is 0.309. The Morgan fingerprint density at radius 2 is 1.98 bits per heavy atom. The number of hydrogen-bond donors (Lipinski definition) is 1. The molecule has 2 aromatic carbocycles. The van der Waals surface area contributed by atoms with Crippen molar-refractivity contribution in [3.63, 3.8) is 0 Å². The molecule has 8 rings (SSSR count). The lowest BCUT2D eigenvalue weighted by Gasteiger charge is -2.47. The number of aryl methyl sites for hydroxylation is 1. The van der Waals surface area contributed by atoms with Crippen LogP contribution in [0.3, 0.4) is 0 Å². The summed E-state index contributed by atoms with van der Waals surface area (Å²) in [5, 5.41) is 33.0. The largest absolute Gasteiger partial charge is 0.388 e. The van der Waals surface area contributed by atoms with E-state index in [1.807, 2.05) is 65.4 Å². The Balaban J connectivity index is 1.17. The lowest BCUT2D eigenvalue weighted by Crippen LogP contribution is -2.57. The minimum Gasteiger partial charge on any atom is -0.388 e. The van der Waals surface area contributed by atoms with E-state index in [-0.39, 0.29) is 6.61 Å². The Kier molecular flexibility index (Phi) is 6.39. The van der Waals surface area contributed by atoms with Crippen molar-refractivity contribution in [2.45, 2.75) is 43.7 Å². The molecule has 0 radical (unpaired) electrons. The molecule has 0 aliphatic carbocycles. The Morgan fingerprint density at radius 3 is 2.83 bits per heavy atom. The normalized spacial score (nSPS) is 26.0. The van der Waals surface area contributed by atoms with Gasteiger partial charge in [-0.2, -0.15) is 0 Å². The summed E-state index contributed by atoms with van der Waals surface area (Å²) < 4.78 is 23.6. The molecule has 42 heavy (non-hydrogen) atoms. The third-order valence-electron chi connectivity index (χ3n) is 7.50. The monoisotopic (exact) mass is 600 g/mol. The summed E-state index contributed by atoms with van der Waals surface area (Å²) in [6.45, 7) is 2.23. The number of thiazole rings is 2. The van der Waals surface area contributed by atoms with Gasteiger partial charge in [0, 0.05) is 22.8 Å². The van der Waals surface area contributed by atoms with Crippen LogP contribution in [0.15, 0.2) is 72.6 Å². The second kappa shape index (κ2) is 10.4. The molecule has 0 spiro atoms. The van der Waals surface area contributed by atoms with E-state index in [2.05, 4.69) is 30.5 Å². The van der Waals surface area contributed by atoms with E-state index in [0.717, 1.165) is 31.5 Å². The number of rotatable bonds is 5. The number of aliphatic hydroxyl groups is 1. The number of ether oxygens (including phenoxy) is 3. The third-order valence-corrected chi connectivity index (χ3v) is 9.23. The molecule has 14 heteroatoms. The standard InChI is InChI=1S/C28H24N8O4S2/c1-15-31-18-8-7-17(11-21(18)42-15)35-14-30-33-26(35)25-23(37)22(36-12-19(32-34-36)27-29-9-10-41-27)24-20(39-25)13-38-28(40-24)16-5-3-2-4-6-16/h2-12,14,20,22-25,28,37H,13H2,1H3/t20?,22-,23?,24+,25-,28?/m1/s1.